The molecule has 2 aliphatic rings. The molecular weight excluding hydrogens is 497 g/mol. The minimum absolute atomic E-state index is 0.0163. The fraction of sp³-hybridized carbons (Fsp3) is 0.370. The Hall–Kier alpha value is -2.59. The molecule has 0 radical (unpaired) electrons. The Kier molecular flexibility index (Phi) is 7.52. The average Bonchev–Trinajstić information content (AvgIpc) is 3.18. The third-order valence-corrected chi connectivity index (χ3v) is 9.81. The van der Waals surface area contributed by atoms with E-state index in [-0.39, 0.29) is 30.1 Å². The predicted octanol–water partition coefficient (Wildman–Crippen LogP) is 3.90. The van der Waals surface area contributed by atoms with Crippen molar-refractivity contribution in [3.05, 3.63) is 93.4 Å². The van der Waals surface area contributed by atoms with Crippen LogP contribution < -0.4 is 0 Å². The van der Waals surface area contributed by atoms with Crippen molar-refractivity contribution < 1.29 is 17.6 Å². The Balaban J connectivity index is 1.27. The number of hydrogen-bond donors (Lipinski definition) is 0. The second kappa shape index (κ2) is 10.8. The predicted molar refractivity (Wildman–Crippen MR) is 140 cm³/mol. The number of carbonyl (C=O) groups excluding carboxylic acids is 1. The molecule has 5 rings (SSSR count). The van der Waals surface area contributed by atoms with Crippen LogP contribution in [0.1, 0.15) is 34.0 Å². The van der Waals surface area contributed by atoms with Gasteiger partial charge < -0.3 is 4.90 Å². The van der Waals surface area contributed by atoms with Crippen molar-refractivity contribution in [1.29, 1.82) is 0 Å². The van der Waals surface area contributed by atoms with E-state index in [9.17, 15) is 17.6 Å². The summed E-state index contributed by atoms with van der Waals surface area (Å²) in [5.41, 5.74) is 2.74. The van der Waals surface area contributed by atoms with Crippen molar-refractivity contribution in [3.63, 3.8) is 0 Å². The number of rotatable bonds is 6. The summed E-state index contributed by atoms with van der Waals surface area (Å²) in [6, 6.07) is 17.7. The van der Waals surface area contributed by atoms with Crippen LogP contribution in [0.5, 0.6) is 0 Å². The van der Waals surface area contributed by atoms with Gasteiger partial charge in [-0.05, 0) is 53.1 Å². The van der Waals surface area contributed by atoms with Gasteiger partial charge in [0.25, 0.3) is 0 Å². The molecule has 3 heterocycles. The van der Waals surface area contributed by atoms with Gasteiger partial charge in [-0.25, -0.2) is 12.8 Å². The number of thiophene rings is 1. The Bertz CT molecular complexity index is 1310. The van der Waals surface area contributed by atoms with Crippen LogP contribution in [0.3, 0.4) is 0 Å². The lowest BCUT2D eigenvalue weighted by molar-refractivity contribution is -0.132. The fourth-order valence-electron chi connectivity index (χ4n) is 5.18. The van der Waals surface area contributed by atoms with Crippen molar-refractivity contribution in [2.45, 2.75) is 24.6 Å². The third-order valence-electron chi connectivity index (χ3n) is 6.96. The zero-order chi connectivity index (χ0) is 25.1. The first-order valence-corrected chi connectivity index (χ1v) is 14.7. The summed E-state index contributed by atoms with van der Waals surface area (Å²) in [5.74, 6) is -0.337. The zero-order valence-corrected chi connectivity index (χ0v) is 21.7. The smallest absolute Gasteiger partial charge is 0.236 e. The number of amides is 1. The normalized spacial score (nSPS) is 19.6. The first kappa shape index (κ1) is 25.1. The molecule has 6 nitrogen and oxygen atoms in total. The molecule has 0 aliphatic carbocycles. The van der Waals surface area contributed by atoms with E-state index in [0.29, 0.717) is 39.1 Å². The SMILES string of the molecule is O=C(CN1CCc2sccc2C1c1cccc(F)c1)N1CCCN(S(=O)(=O)Cc2ccccc2)CC1. The molecule has 1 fully saturated rings. The lowest BCUT2D eigenvalue weighted by Crippen LogP contribution is -2.45. The van der Waals surface area contributed by atoms with Gasteiger partial charge in [0, 0.05) is 37.6 Å². The van der Waals surface area contributed by atoms with Gasteiger partial charge in [-0.15, -0.1) is 11.3 Å². The van der Waals surface area contributed by atoms with Gasteiger partial charge in [0.15, 0.2) is 0 Å². The Morgan fingerprint density at radius 1 is 0.972 bits per heavy atom. The molecule has 0 spiro atoms. The van der Waals surface area contributed by atoms with E-state index in [1.807, 2.05) is 36.4 Å². The lowest BCUT2D eigenvalue weighted by atomic mass is 9.93. The minimum atomic E-state index is -3.46. The van der Waals surface area contributed by atoms with Crippen LogP contribution in [0.2, 0.25) is 0 Å². The Morgan fingerprint density at radius 2 is 1.81 bits per heavy atom. The molecule has 1 saturated heterocycles. The molecule has 1 atom stereocenters. The van der Waals surface area contributed by atoms with Gasteiger partial charge in [-0.1, -0.05) is 42.5 Å². The monoisotopic (exact) mass is 527 g/mol. The molecule has 1 aromatic heterocycles. The van der Waals surface area contributed by atoms with Crippen LogP contribution in [-0.2, 0) is 27.0 Å². The largest absolute Gasteiger partial charge is 0.340 e. The molecule has 2 aromatic carbocycles. The van der Waals surface area contributed by atoms with Crippen LogP contribution >= 0.6 is 11.3 Å². The maximum absolute atomic E-state index is 14.1. The van der Waals surface area contributed by atoms with Crippen LogP contribution in [0.25, 0.3) is 0 Å². The Labute approximate surface area is 216 Å². The number of carbonyl (C=O) groups is 1. The highest BCUT2D eigenvalue weighted by Gasteiger charge is 2.33. The van der Waals surface area contributed by atoms with E-state index < -0.39 is 10.0 Å². The topological polar surface area (TPSA) is 60.9 Å². The van der Waals surface area contributed by atoms with E-state index >= 15 is 0 Å². The van der Waals surface area contributed by atoms with Gasteiger partial charge >= 0.3 is 0 Å². The molecular formula is C27H30FN3O3S2. The number of nitrogens with zero attached hydrogens (tertiary/aromatic N) is 3. The van der Waals surface area contributed by atoms with Crippen molar-refractivity contribution >= 4 is 27.3 Å². The molecule has 9 heteroatoms. The summed E-state index contributed by atoms with van der Waals surface area (Å²) in [6.45, 7) is 2.53. The molecule has 190 valence electrons. The number of fused-ring (bicyclic) bond motifs is 1. The number of hydrogen-bond acceptors (Lipinski definition) is 5. The lowest BCUT2D eigenvalue weighted by Gasteiger charge is -2.37. The van der Waals surface area contributed by atoms with E-state index in [0.717, 1.165) is 23.1 Å². The summed E-state index contributed by atoms with van der Waals surface area (Å²) in [5, 5.41) is 2.06. The second-order valence-electron chi connectivity index (χ2n) is 9.35. The first-order valence-electron chi connectivity index (χ1n) is 12.3. The number of sulfonamides is 1. The molecule has 0 bridgehead atoms. The third kappa shape index (κ3) is 5.54. The molecule has 0 N–H and O–H groups in total. The minimum Gasteiger partial charge on any atom is -0.340 e. The highest BCUT2D eigenvalue weighted by Crippen LogP contribution is 2.37. The zero-order valence-electron chi connectivity index (χ0n) is 20.1. The summed E-state index contributed by atoms with van der Waals surface area (Å²) < 4.78 is 41.6. The fourth-order valence-corrected chi connectivity index (χ4v) is 7.64. The van der Waals surface area contributed by atoms with Crippen LogP contribution in [-0.4, -0.2) is 67.7 Å². The van der Waals surface area contributed by atoms with E-state index in [1.165, 1.54) is 15.2 Å². The van der Waals surface area contributed by atoms with E-state index in [2.05, 4.69) is 16.3 Å². The van der Waals surface area contributed by atoms with Crippen molar-refractivity contribution in [1.82, 2.24) is 14.1 Å². The Morgan fingerprint density at radius 3 is 2.61 bits per heavy atom. The molecule has 0 saturated carbocycles. The van der Waals surface area contributed by atoms with Crippen LogP contribution in [0, 0.1) is 5.82 Å². The summed E-state index contributed by atoms with van der Waals surface area (Å²) >= 11 is 1.70. The molecule has 1 unspecified atom stereocenters. The van der Waals surface area contributed by atoms with Crippen molar-refractivity contribution in [2.24, 2.45) is 0 Å². The van der Waals surface area contributed by atoms with Crippen LogP contribution in [0.15, 0.2) is 66.0 Å². The molecule has 36 heavy (non-hydrogen) atoms. The number of benzene rings is 2. The average molecular weight is 528 g/mol. The summed E-state index contributed by atoms with van der Waals surface area (Å²) in [7, 11) is -3.46. The van der Waals surface area contributed by atoms with Gasteiger partial charge in [0.1, 0.15) is 5.82 Å². The van der Waals surface area contributed by atoms with Gasteiger partial charge in [-0.2, -0.15) is 4.31 Å². The molecule has 3 aromatic rings. The second-order valence-corrected chi connectivity index (χ2v) is 12.3. The van der Waals surface area contributed by atoms with Gasteiger partial charge in [0.05, 0.1) is 18.3 Å². The van der Waals surface area contributed by atoms with E-state index in [4.69, 9.17) is 0 Å². The standard InChI is InChI=1S/C27H30FN3O3S2/c28-23-9-4-8-22(18-23)27-24-11-17-35-25(24)10-14-30(27)19-26(32)29-12-5-13-31(16-15-29)36(33,34)20-21-6-2-1-3-7-21/h1-4,6-9,11,17-18,27H,5,10,12-16,19-20H2. The number of halogens is 1. The van der Waals surface area contributed by atoms with Gasteiger partial charge in [-0.3, -0.25) is 9.69 Å². The first-order chi connectivity index (χ1) is 17.4. The highest BCUT2D eigenvalue weighted by atomic mass is 32.2. The molecule has 2 aliphatic heterocycles. The van der Waals surface area contributed by atoms with Gasteiger partial charge in [0.2, 0.25) is 15.9 Å². The quantitative estimate of drug-likeness (QED) is 0.488. The van der Waals surface area contributed by atoms with Crippen molar-refractivity contribution in [3.8, 4) is 0 Å². The highest BCUT2D eigenvalue weighted by molar-refractivity contribution is 7.88. The van der Waals surface area contributed by atoms with Crippen molar-refractivity contribution in [2.75, 3.05) is 39.3 Å². The van der Waals surface area contributed by atoms with Crippen LogP contribution in [0.4, 0.5) is 4.39 Å². The molecule has 1 amide bonds. The maximum Gasteiger partial charge on any atom is 0.236 e. The summed E-state index contributed by atoms with van der Waals surface area (Å²) in [6.07, 6.45) is 1.46. The van der Waals surface area contributed by atoms with E-state index in [1.54, 1.807) is 28.4 Å². The summed E-state index contributed by atoms with van der Waals surface area (Å²) in [4.78, 5) is 18.6. The maximum atomic E-state index is 14.1.